The highest BCUT2D eigenvalue weighted by molar-refractivity contribution is 5.82. The zero-order chi connectivity index (χ0) is 14.3. The largest absolute Gasteiger partial charge is 0.480 e. The lowest BCUT2D eigenvalue weighted by atomic mass is 10.1. The second-order valence-corrected chi connectivity index (χ2v) is 4.18. The van der Waals surface area contributed by atoms with Gasteiger partial charge >= 0.3 is 12.0 Å². The average molecular weight is 266 g/mol. The fourth-order valence-electron chi connectivity index (χ4n) is 1.49. The Labute approximate surface area is 111 Å². The summed E-state index contributed by atoms with van der Waals surface area (Å²) in [4.78, 5) is 23.7. The number of amides is 2. The minimum Gasteiger partial charge on any atom is -0.480 e. The zero-order valence-electron chi connectivity index (χ0n) is 10.7. The Hall–Kier alpha value is -2.08. The van der Waals surface area contributed by atoms with Gasteiger partial charge in [-0.25, -0.2) is 9.59 Å². The smallest absolute Gasteiger partial charge is 0.328 e. The second kappa shape index (κ2) is 7.38. The number of hydrogen-bond donors (Lipinski definition) is 3. The number of carbonyl (C=O) groups is 2. The van der Waals surface area contributed by atoms with Crippen molar-refractivity contribution < 1.29 is 19.8 Å². The van der Waals surface area contributed by atoms with Crippen molar-refractivity contribution in [2.75, 3.05) is 20.2 Å². The van der Waals surface area contributed by atoms with Crippen molar-refractivity contribution in [3.8, 4) is 0 Å². The molecule has 104 valence electrons. The van der Waals surface area contributed by atoms with Crippen LogP contribution < -0.4 is 5.32 Å². The maximum Gasteiger partial charge on any atom is 0.328 e. The van der Waals surface area contributed by atoms with Crippen molar-refractivity contribution in [1.82, 2.24) is 10.2 Å². The number of urea groups is 1. The zero-order valence-corrected chi connectivity index (χ0v) is 10.7. The summed E-state index contributed by atoms with van der Waals surface area (Å²) in [6, 6.07) is 7.88. The van der Waals surface area contributed by atoms with Crippen LogP contribution in [0.3, 0.4) is 0 Å². The standard InChI is InChI=1S/C13H18N2O4/c1-15(8-7-10-5-3-2-4-6-10)13(19)14-11(9-16)12(17)18/h2-6,11,16H,7-9H2,1H3,(H,14,19)(H,17,18)/t11-/m1/s1. The number of carboxylic acids is 1. The average Bonchev–Trinajstić information content (AvgIpc) is 2.42. The Morgan fingerprint density at radius 3 is 2.47 bits per heavy atom. The van der Waals surface area contributed by atoms with Gasteiger partial charge in [0.05, 0.1) is 6.61 Å². The highest BCUT2D eigenvalue weighted by Gasteiger charge is 2.20. The summed E-state index contributed by atoms with van der Waals surface area (Å²) in [5.74, 6) is -1.26. The van der Waals surface area contributed by atoms with Gasteiger partial charge in [-0.15, -0.1) is 0 Å². The van der Waals surface area contributed by atoms with Crippen LogP contribution in [0.5, 0.6) is 0 Å². The maximum atomic E-state index is 11.7. The van der Waals surface area contributed by atoms with E-state index in [0.29, 0.717) is 13.0 Å². The quantitative estimate of drug-likeness (QED) is 0.691. The summed E-state index contributed by atoms with van der Waals surface area (Å²) in [6.45, 7) is -0.165. The van der Waals surface area contributed by atoms with Crippen LogP contribution in [0.4, 0.5) is 4.79 Å². The number of aliphatic hydroxyl groups is 1. The molecule has 0 saturated heterocycles. The number of carbonyl (C=O) groups excluding carboxylic acids is 1. The molecule has 3 N–H and O–H groups in total. The molecule has 0 aliphatic rings. The molecule has 1 aromatic rings. The second-order valence-electron chi connectivity index (χ2n) is 4.18. The molecule has 6 nitrogen and oxygen atoms in total. The third-order valence-corrected chi connectivity index (χ3v) is 2.70. The first-order valence-electron chi connectivity index (χ1n) is 5.93. The van der Waals surface area contributed by atoms with Gasteiger partial charge in [0, 0.05) is 13.6 Å². The summed E-state index contributed by atoms with van der Waals surface area (Å²) in [6.07, 6.45) is 0.682. The fraction of sp³-hybridized carbons (Fsp3) is 0.385. The van der Waals surface area contributed by atoms with Crippen LogP contribution in [0.15, 0.2) is 30.3 Å². The van der Waals surface area contributed by atoms with Gasteiger partial charge in [-0.05, 0) is 12.0 Å². The summed E-state index contributed by atoms with van der Waals surface area (Å²) in [5, 5.41) is 19.8. The monoisotopic (exact) mass is 266 g/mol. The molecule has 0 fully saturated rings. The first-order chi connectivity index (χ1) is 9.04. The molecule has 2 amide bonds. The number of hydrogen-bond acceptors (Lipinski definition) is 3. The van der Waals surface area contributed by atoms with Gasteiger partial charge in [-0.2, -0.15) is 0 Å². The van der Waals surface area contributed by atoms with E-state index in [-0.39, 0.29) is 0 Å². The number of aliphatic hydroxyl groups excluding tert-OH is 1. The molecule has 0 radical (unpaired) electrons. The van der Waals surface area contributed by atoms with Gasteiger partial charge in [0.2, 0.25) is 0 Å². The van der Waals surface area contributed by atoms with E-state index in [4.69, 9.17) is 10.2 Å². The molecular weight excluding hydrogens is 248 g/mol. The number of nitrogens with one attached hydrogen (secondary N) is 1. The molecule has 0 heterocycles. The first-order valence-corrected chi connectivity index (χ1v) is 5.93. The van der Waals surface area contributed by atoms with Crippen LogP contribution in [-0.4, -0.2) is 53.4 Å². The Morgan fingerprint density at radius 2 is 1.95 bits per heavy atom. The molecular formula is C13H18N2O4. The van der Waals surface area contributed by atoms with Crippen molar-refractivity contribution in [2.45, 2.75) is 12.5 Å². The summed E-state index contributed by atoms with van der Waals surface area (Å²) < 4.78 is 0. The third-order valence-electron chi connectivity index (χ3n) is 2.70. The highest BCUT2D eigenvalue weighted by atomic mass is 16.4. The molecule has 0 bridgehead atoms. The van der Waals surface area contributed by atoms with E-state index in [9.17, 15) is 9.59 Å². The molecule has 0 aromatic heterocycles. The van der Waals surface area contributed by atoms with E-state index < -0.39 is 24.6 Å². The molecule has 1 atom stereocenters. The van der Waals surface area contributed by atoms with Gasteiger partial charge in [0.15, 0.2) is 6.04 Å². The first kappa shape index (κ1) is 15.0. The molecule has 0 unspecified atom stereocenters. The lowest BCUT2D eigenvalue weighted by molar-refractivity contribution is -0.140. The Bertz CT molecular complexity index is 422. The maximum absolute atomic E-state index is 11.7. The topological polar surface area (TPSA) is 89.9 Å². The summed E-state index contributed by atoms with van der Waals surface area (Å²) in [5.41, 5.74) is 1.10. The van der Waals surface area contributed by atoms with Crippen LogP contribution in [0.1, 0.15) is 5.56 Å². The minimum absolute atomic E-state index is 0.466. The number of rotatable bonds is 6. The van der Waals surface area contributed by atoms with E-state index in [2.05, 4.69) is 5.32 Å². The van der Waals surface area contributed by atoms with E-state index in [1.54, 1.807) is 7.05 Å². The van der Waals surface area contributed by atoms with Crippen LogP contribution in [0, 0.1) is 0 Å². The van der Waals surface area contributed by atoms with E-state index in [0.717, 1.165) is 5.56 Å². The lowest BCUT2D eigenvalue weighted by Gasteiger charge is -2.20. The third kappa shape index (κ3) is 4.97. The molecule has 1 aromatic carbocycles. The van der Waals surface area contributed by atoms with E-state index in [1.807, 2.05) is 30.3 Å². The van der Waals surface area contributed by atoms with Gasteiger partial charge in [-0.3, -0.25) is 0 Å². The molecule has 0 saturated carbocycles. The SMILES string of the molecule is CN(CCc1ccccc1)C(=O)N[C@H](CO)C(=O)O. The number of nitrogens with zero attached hydrogens (tertiary/aromatic N) is 1. The number of benzene rings is 1. The van der Waals surface area contributed by atoms with Crippen molar-refractivity contribution in [2.24, 2.45) is 0 Å². The Kier molecular flexibility index (Phi) is 5.81. The lowest BCUT2D eigenvalue weighted by Crippen LogP contribution is -2.48. The van der Waals surface area contributed by atoms with Crippen LogP contribution >= 0.6 is 0 Å². The van der Waals surface area contributed by atoms with Gasteiger partial charge in [0.25, 0.3) is 0 Å². The summed E-state index contributed by atoms with van der Waals surface area (Å²) in [7, 11) is 1.58. The predicted octanol–water partition coefficient (Wildman–Crippen LogP) is 0.316. The number of carboxylic acid groups (broad SMARTS) is 1. The minimum atomic E-state index is -1.27. The molecule has 6 heteroatoms. The van der Waals surface area contributed by atoms with Crippen LogP contribution in [0.25, 0.3) is 0 Å². The fourth-order valence-corrected chi connectivity index (χ4v) is 1.49. The predicted molar refractivity (Wildman–Crippen MR) is 69.8 cm³/mol. The van der Waals surface area contributed by atoms with Crippen molar-refractivity contribution in [3.05, 3.63) is 35.9 Å². The van der Waals surface area contributed by atoms with E-state index >= 15 is 0 Å². The molecule has 0 spiro atoms. The van der Waals surface area contributed by atoms with Crippen LogP contribution in [0.2, 0.25) is 0 Å². The number of aliphatic carboxylic acids is 1. The van der Waals surface area contributed by atoms with Crippen molar-refractivity contribution in [3.63, 3.8) is 0 Å². The summed E-state index contributed by atoms with van der Waals surface area (Å²) >= 11 is 0. The van der Waals surface area contributed by atoms with Crippen molar-refractivity contribution in [1.29, 1.82) is 0 Å². The Morgan fingerprint density at radius 1 is 1.32 bits per heavy atom. The Balaban J connectivity index is 2.42. The molecule has 0 aliphatic carbocycles. The van der Waals surface area contributed by atoms with Gasteiger partial charge in [0.1, 0.15) is 0 Å². The van der Waals surface area contributed by atoms with Crippen molar-refractivity contribution >= 4 is 12.0 Å². The van der Waals surface area contributed by atoms with E-state index in [1.165, 1.54) is 4.90 Å². The highest BCUT2D eigenvalue weighted by Crippen LogP contribution is 2.00. The van der Waals surface area contributed by atoms with Gasteiger partial charge in [-0.1, -0.05) is 30.3 Å². The van der Waals surface area contributed by atoms with Gasteiger partial charge < -0.3 is 20.4 Å². The van der Waals surface area contributed by atoms with Crippen LogP contribution in [-0.2, 0) is 11.2 Å². The molecule has 0 aliphatic heterocycles. The number of likely N-dealkylation sites (N-methyl/N-ethyl adjacent to an activating group) is 1. The molecule has 19 heavy (non-hydrogen) atoms. The normalized spacial score (nSPS) is 11.7. The molecule has 1 rings (SSSR count).